The third kappa shape index (κ3) is 3.38. The number of rotatable bonds is 4. The Hall–Kier alpha value is -2.08. The van der Waals surface area contributed by atoms with Crippen LogP contribution in [0.15, 0.2) is 24.4 Å². The van der Waals surface area contributed by atoms with Crippen molar-refractivity contribution in [2.24, 2.45) is 0 Å². The summed E-state index contributed by atoms with van der Waals surface area (Å²) in [6.45, 7) is -0.303. The lowest BCUT2D eigenvalue weighted by Gasteiger charge is -2.22. The quantitative estimate of drug-likeness (QED) is 0.793. The second-order valence-electron chi connectivity index (χ2n) is 5.66. The number of aryl methyl sites for hydroxylation is 2. The maximum Gasteiger partial charge on any atom is 0.244 e. The van der Waals surface area contributed by atoms with Crippen molar-refractivity contribution in [1.29, 1.82) is 0 Å². The summed E-state index contributed by atoms with van der Waals surface area (Å²) in [5, 5.41) is 0. The smallest absolute Gasteiger partial charge is 0.244 e. The Morgan fingerprint density at radius 1 is 1.21 bits per heavy atom. The first-order valence-corrected chi connectivity index (χ1v) is 8.27. The van der Waals surface area contributed by atoms with Gasteiger partial charge in [-0.2, -0.15) is 0 Å². The zero-order chi connectivity index (χ0) is 17.1. The van der Waals surface area contributed by atoms with Gasteiger partial charge in [-0.3, -0.25) is 9.69 Å². The van der Waals surface area contributed by atoms with Crippen LogP contribution in [0.25, 0.3) is 0 Å². The highest BCUT2D eigenvalue weighted by Crippen LogP contribution is 2.23. The summed E-state index contributed by atoms with van der Waals surface area (Å²) in [5.41, 5.74) is 1.73. The summed E-state index contributed by atoms with van der Waals surface area (Å²) in [4.78, 5) is 21.9. The predicted molar refractivity (Wildman–Crippen MR) is 86.9 cm³/mol. The summed E-state index contributed by atoms with van der Waals surface area (Å²) < 4.78 is 27.8. The van der Waals surface area contributed by atoms with Gasteiger partial charge in [0.2, 0.25) is 11.9 Å². The zero-order valence-corrected chi connectivity index (χ0v) is 13.7. The number of alkyl halides is 1. The van der Waals surface area contributed by atoms with Gasteiger partial charge in [0.25, 0.3) is 0 Å². The Balaban J connectivity index is 1.97. The highest BCUT2D eigenvalue weighted by Gasteiger charge is 2.23. The van der Waals surface area contributed by atoms with Crippen LogP contribution in [0.2, 0.25) is 0 Å². The van der Waals surface area contributed by atoms with Crippen molar-refractivity contribution in [3.05, 3.63) is 52.9 Å². The molecule has 0 saturated heterocycles. The number of benzene rings is 1. The van der Waals surface area contributed by atoms with E-state index >= 15 is 0 Å². The third-order valence-electron chi connectivity index (χ3n) is 4.09. The fourth-order valence-corrected chi connectivity index (χ4v) is 2.92. The zero-order valence-electron chi connectivity index (χ0n) is 12.9. The van der Waals surface area contributed by atoms with Gasteiger partial charge in [-0.05, 0) is 43.4 Å². The molecule has 1 heterocycles. The van der Waals surface area contributed by atoms with Gasteiger partial charge in [0.15, 0.2) is 0 Å². The summed E-state index contributed by atoms with van der Waals surface area (Å²) in [5.74, 6) is -2.14. The molecule has 24 heavy (non-hydrogen) atoms. The van der Waals surface area contributed by atoms with E-state index in [4.69, 9.17) is 11.6 Å². The topological polar surface area (TPSA) is 46.1 Å². The van der Waals surface area contributed by atoms with Crippen LogP contribution in [-0.4, -0.2) is 21.8 Å². The van der Waals surface area contributed by atoms with Crippen LogP contribution in [0.1, 0.15) is 29.7 Å². The molecular formula is C17H16ClF2N3O. The molecule has 1 amide bonds. The maximum atomic E-state index is 13.9. The van der Waals surface area contributed by atoms with Gasteiger partial charge >= 0.3 is 0 Å². The van der Waals surface area contributed by atoms with Crippen molar-refractivity contribution in [2.75, 3.05) is 10.8 Å². The Kier molecular flexibility index (Phi) is 5.04. The molecule has 126 valence electrons. The molecule has 0 unspecified atom stereocenters. The van der Waals surface area contributed by atoms with Crippen molar-refractivity contribution in [2.45, 2.75) is 32.2 Å². The van der Waals surface area contributed by atoms with Crippen molar-refractivity contribution >= 4 is 23.5 Å². The molecule has 0 radical (unpaired) electrons. The van der Waals surface area contributed by atoms with Crippen LogP contribution < -0.4 is 4.90 Å². The maximum absolute atomic E-state index is 13.9. The number of nitrogens with zero attached hydrogens (tertiary/aromatic N) is 3. The Morgan fingerprint density at radius 3 is 2.62 bits per heavy atom. The van der Waals surface area contributed by atoms with E-state index in [1.54, 1.807) is 6.20 Å². The summed E-state index contributed by atoms with van der Waals surface area (Å²) in [6.07, 6.45) is 5.50. The van der Waals surface area contributed by atoms with Crippen LogP contribution in [0, 0.1) is 11.6 Å². The van der Waals surface area contributed by atoms with Crippen LogP contribution in [-0.2, 0) is 24.2 Å². The van der Waals surface area contributed by atoms with Crippen LogP contribution in [0.4, 0.5) is 14.7 Å². The van der Waals surface area contributed by atoms with Crippen molar-refractivity contribution in [3.63, 3.8) is 0 Å². The average molecular weight is 352 g/mol. The average Bonchev–Trinajstić information content (AvgIpc) is 2.60. The number of hydrogen-bond donors (Lipinski definition) is 0. The molecule has 1 aromatic carbocycles. The summed E-state index contributed by atoms with van der Waals surface area (Å²) >= 11 is 5.65. The number of carbonyl (C=O) groups is 1. The standard InChI is InChI=1S/C17H16ClF2N3O/c18-8-16(24)23(10-12-13(19)5-3-6-14(12)20)17-21-9-11-4-1-2-7-15(11)22-17/h3,5-6,9H,1-2,4,7-8,10H2. The molecule has 0 saturated carbocycles. The first kappa shape index (κ1) is 16.8. The van der Waals surface area contributed by atoms with Crippen molar-refractivity contribution in [1.82, 2.24) is 9.97 Å². The molecule has 7 heteroatoms. The van der Waals surface area contributed by atoms with Crippen molar-refractivity contribution < 1.29 is 13.6 Å². The van der Waals surface area contributed by atoms with Gasteiger partial charge in [-0.1, -0.05) is 6.07 Å². The number of halogens is 3. The fraction of sp³-hybridized carbons (Fsp3) is 0.353. The number of fused-ring (bicyclic) bond motifs is 1. The van der Waals surface area contributed by atoms with E-state index in [1.807, 2.05) is 0 Å². The van der Waals surface area contributed by atoms with E-state index < -0.39 is 17.5 Å². The van der Waals surface area contributed by atoms with E-state index in [9.17, 15) is 13.6 Å². The van der Waals surface area contributed by atoms with Crippen molar-refractivity contribution in [3.8, 4) is 0 Å². The van der Waals surface area contributed by atoms with E-state index in [0.717, 1.165) is 54.0 Å². The molecule has 0 spiro atoms. The lowest BCUT2D eigenvalue weighted by atomic mass is 9.98. The highest BCUT2D eigenvalue weighted by molar-refractivity contribution is 6.29. The highest BCUT2D eigenvalue weighted by atomic mass is 35.5. The van der Waals surface area contributed by atoms with Crippen LogP contribution >= 0.6 is 11.6 Å². The second-order valence-corrected chi connectivity index (χ2v) is 5.93. The van der Waals surface area contributed by atoms with Gasteiger partial charge in [0.1, 0.15) is 17.5 Å². The Morgan fingerprint density at radius 2 is 1.92 bits per heavy atom. The predicted octanol–water partition coefficient (Wildman–Crippen LogP) is 3.41. The fourth-order valence-electron chi connectivity index (χ4n) is 2.78. The van der Waals surface area contributed by atoms with Gasteiger partial charge < -0.3 is 0 Å². The number of amides is 1. The number of hydrogen-bond acceptors (Lipinski definition) is 3. The van der Waals surface area contributed by atoms with E-state index in [2.05, 4.69) is 9.97 Å². The number of aromatic nitrogens is 2. The van der Waals surface area contributed by atoms with Crippen LogP contribution in [0.5, 0.6) is 0 Å². The molecule has 0 aliphatic heterocycles. The van der Waals surface area contributed by atoms with E-state index in [0.29, 0.717) is 0 Å². The molecule has 1 aromatic heterocycles. The minimum atomic E-state index is -0.722. The number of anilines is 1. The summed E-state index contributed by atoms with van der Waals surface area (Å²) in [6, 6.07) is 3.57. The summed E-state index contributed by atoms with van der Waals surface area (Å²) in [7, 11) is 0. The van der Waals surface area contributed by atoms with E-state index in [1.165, 1.54) is 6.07 Å². The molecule has 4 nitrogen and oxygen atoms in total. The molecule has 3 rings (SSSR count). The molecule has 0 bridgehead atoms. The molecule has 2 aromatic rings. The molecule has 0 N–H and O–H groups in total. The minimum Gasteiger partial charge on any atom is -0.275 e. The first-order valence-electron chi connectivity index (χ1n) is 7.74. The number of carbonyl (C=O) groups excluding carboxylic acids is 1. The van der Waals surface area contributed by atoms with Crippen LogP contribution in [0.3, 0.4) is 0 Å². The monoisotopic (exact) mass is 351 g/mol. The molecular weight excluding hydrogens is 336 g/mol. The minimum absolute atomic E-state index is 0.129. The third-order valence-corrected chi connectivity index (χ3v) is 4.31. The lowest BCUT2D eigenvalue weighted by molar-refractivity contribution is -0.116. The second kappa shape index (κ2) is 7.21. The molecule has 0 fully saturated rings. The van der Waals surface area contributed by atoms with Gasteiger partial charge in [0, 0.05) is 17.5 Å². The largest absolute Gasteiger partial charge is 0.275 e. The SMILES string of the molecule is O=C(CCl)N(Cc1c(F)cccc1F)c1ncc2c(n1)CCCC2. The molecule has 0 atom stereocenters. The Labute approximate surface area is 143 Å². The van der Waals surface area contributed by atoms with Gasteiger partial charge in [-0.15, -0.1) is 11.6 Å². The Bertz CT molecular complexity index is 749. The lowest BCUT2D eigenvalue weighted by Crippen LogP contribution is -2.34. The molecule has 1 aliphatic rings. The van der Waals surface area contributed by atoms with Gasteiger partial charge in [-0.25, -0.2) is 18.7 Å². The van der Waals surface area contributed by atoms with Gasteiger partial charge in [0.05, 0.1) is 6.54 Å². The molecule has 1 aliphatic carbocycles. The normalized spacial score (nSPS) is 13.5. The first-order chi connectivity index (χ1) is 11.6. The van der Waals surface area contributed by atoms with E-state index in [-0.39, 0.29) is 23.9 Å².